The number of benzene rings is 2. The van der Waals surface area contributed by atoms with Crippen molar-refractivity contribution in [2.45, 2.75) is 57.2 Å². The summed E-state index contributed by atoms with van der Waals surface area (Å²) in [7, 11) is 0. The number of nitrogens with one attached hydrogen (secondary N) is 2. The number of hydrogen-bond acceptors (Lipinski definition) is 7. The van der Waals surface area contributed by atoms with Gasteiger partial charge in [0.25, 0.3) is 5.56 Å². The van der Waals surface area contributed by atoms with Crippen LogP contribution in [0.15, 0.2) is 70.4 Å². The SMILES string of the molecule is CC[C@H](C)[C@H](NC(=O)OCC1c2ccccc2-c2ccccc21)C(=O)OC[C@H]1O[C@@H](n2ccc(=O)[nH]c2=O)C[C@@H]1F. The molecule has 5 rings (SSSR count). The van der Waals surface area contributed by atoms with Gasteiger partial charge in [-0.15, -0.1) is 0 Å². The molecule has 2 N–H and O–H groups in total. The van der Waals surface area contributed by atoms with Crippen LogP contribution in [0.25, 0.3) is 11.1 Å². The van der Waals surface area contributed by atoms with E-state index in [1.54, 1.807) is 6.92 Å². The molecule has 0 saturated carbocycles. The summed E-state index contributed by atoms with van der Waals surface area (Å²) in [6, 6.07) is 16.1. The number of esters is 1. The van der Waals surface area contributed by atoms with Gasteiger partial charge >= 0.3 is 17.8 Å². The summed E-state index contributed by atoms with van der Waals surface area (Å²) in [6.45, 7) is 3.34. The first-order chi connectivity index (χ1) is 19.8. The van der Waals surface area contributed by atoms with Crippen LogP contribution < -0.4 is 16.6 Å². The summed E-state index contributed by atoms with van der Waals surface area (Å²) in [6.07, 6.45) is -2.70. The monoisotopic (exact) mass is 565 g/mol. The number of fused-ring (bicyclic) bond motifs is 3. The number of ether oxygens (including phenoxy) is 3. The first-order valence-corrected chi connectivity index (χ1v) is 13.7. The first kappa shape index (κ1) is 28.3. The van der Waals surface area contributed by atoms with Gasteiger partial charge in [-0.3, -0.25) is 14.3 Å². The first-order valence-electron chi connectivity index (χ1n) is 13.7. The molecular weight excluding hydrogens is 533 g/mol. The van der Waals surface area contributed by atoms with Crippen molar-refractivity contribution in [1.82, 2.24) is 14.9 Å². The summed E-state index contributed by atoms with van der Waals surface area (Å²) < 4.78 is 32.3. The van der Waals surface area contributed by atoms with Crippen LogP contribution in [0, 0.1) is 5.92 Å². The standard InChI is InChI=1S/C30H32FN3O7/c1-3-17(2)27(28(36)39-16-24-23(31)14-26(41-24)34-13-12-25(35)32-29(34)37)33-30(38)40-15-22-20-10-6-4-8-18(20)19-9-5-7-11-21(19)22/h4-13,17,22-24,26-27H,3,14-16H2,1-2H3,(H,33,38)(H,32,35,37)/t17-,23-,24+,26+,27-/m0/s1. The summed E-state index contributed by atoms with van der Waals surface area (Å²) >= 11 is 0. The highest BCUT2D eigenvalue weighted by Crippen LogP contribution is 2.44. The van der Waals surface area contributed by atoms with E-state index < -0.39 is 54.5 Å². The number of halogens is 1. The molecule has 1 aromatic heterocycles. The fourth-order valence-electron chi connectivity index (χ4n) is 5.35. The van der Waals surface area contributed by atoms with Crippen molar-refractivity contribution in [2.24, 2.45) is 5.92 Å². The molecule has 1 amide bonds. The van der Waals surface area contributed by atoms with Crippen molar-refractivity contribution in [2.75, 3.05) is 13.2 Å². The molecule has 2 heterocycles. The lowest BCUT2D eigenvalue weighted by molar-refractivity contribution is -0.153. The Bertz CT molecular complexity index is 1490. The minimum atomic E-state index is -1.51. The lowest BCUT2D eigenvalue weighted by Crippen LogP contribution is -2.47. The zero-order valence-corrected chi connectivity index (χ0v) is 22.7. The Balaban J connectivity index is 1.18. The third-order valence-corrected chi connectivity index (χ3v) is 7.80. The van der Waals surface area contributed by atoms with Gasteiger partial charge in [0.05, 0.1) is 0 Å². The van der Waals surface area contributed by atoms with Crippen molar-refractivity contribution in [3.63, 3.8) is 0 Å². The van der Waals surface area contributed by atoms with Crippen LogP contribution in [0.4, 0.5) is 9.18 Å². The maximum absolute atomic E-state index is 14.7. The van der Waals surface area contributed by atoms with Crippen molar-refractivity contribution in [3.8, 4) is 11.1 Å². The summed E-state index contributed by atoms with van der Waals surface area (Å²) in [4.78, 5) is 51.3. The van der Waals surface area contributed by atoms with Crippen LogP contribution in [-0.4, -0.2) is 53.1 Å². The van der Waals surface area contributed by atoms with E-state index in [0.29, 0.717) is 6.42 Å². The van der Waals surface area contributed by atoms with Crippen LogP contribution in [-0.2, 0) is 19.0 Å². The summed E-state index contributed by atoms with van der Waals surface area (Å²) in [5.74, 6) is -1.17. The van der Waals surface area contributed by atoms with E-state index in [2.05, 4.69) is 10.3 Å². The van der Waals surface area contributed by atoms with E-state index in [1.807, 2.05) is 55.5 Å². The van der Waals surface area contributed by atoms with E-state index in [-0.39, 0.29) is 24.9 Å². The molecule has 1 saturated heterocycles. The fraction of sp³-hybridized carbons (Fsp3) is 0.400. The third kappa shape index (κ3) is 5.95. The molecule has 2 aliphatic rings. The lowest BCUT2D eigenvalue weighted by Gasteiger charge is -2.24. The van der Waals surface area contributed by atoms with Gasteiger partial charge in [-0.25, -0.2) is 18.8 Å². The fourth-order valence-corrected chi connectivity index (χ4v) is 5.35. The smallest absolute Gasteiger partial charge is 0.407 e. The normalized spacial score (nSPS) is 21.0. The number of H-pyrrole nitrogens is 1. The molecule has 0 spiro atoms. The highest BCUT2D eigenvalue weighted by atomic mass is 19.1. The Hall–Kier alpha value is -4.25. The minimum Gasteiger partial charge on any atom is -0.461 e. The average Bonchev–Trinajstić information content (AvgIpc) is 3.50. The highest BCUT2D eigenvalue weighted by Gasteiger charge is 2.39. The molecule has 1 aliphatic carbocycles. The number of aromatic nitrogens is 2. The van der Waals surface area contributed by atoms with Gasteiger partial charge in [-0.05, 0) is 28.2 Å². The van der Waals surface area contributed by atoms with Crippen LogP contribution in [0.2, 0.25) is 0 Å². The maximum Gasteiger partial charge on any atom is 0.407 e. The van der Waals surface area contributed by atoms with Gasteiger partial charge in [-0.1, -0.05) is 68.8 Å². The predicted octanol–water partition coefficient (Wildman–Crippen LogP) is 3.66. The van der Waals surface area contributed by atoms with Crippen LogP contribution in [0.3, 0.4) is 0 Å². The van der Waals surface area contributed by atoms with Crippen LogP contribution in [0.5, 0.6) is 0 Å². The zero-order valence-electron chi connectivity index (χ0n) is 22.7. The molecule has 3 aromatic rings. The van der Waals surface area contributed by atoms with Crippen molar-refractivity contribution < 1.29 is 28.2 Å². The molecule has 1 fully saturated rings. The molecule has 216 valence electrons. The van der Waals surface area contributed by atoms with Crippen LogP contribution >= 0.6 is 0 Å². The topological polar surface area (TPSA) is 129 Å². The van der Waals surface area contributed by atoms with Crippen molar-refractivity contribution in [1.29, 1.82) is 0 Å². The molecule has 0 unspecified atom stereocenters. The number of rotatable bonds is 9. The summed E-state index contributed by atoms with van der Waals surface area (Å²) in [5.41, 5.74) is 3.04. The Morgan fingerprint density at radius 2 is 1.71 bits per heavy atom. The van der Waals surface area contributed by atoms with E-state index in [9.17, 15) is 23.6 Å². The molecule has 0 bridgehead atoms. The quantitative estimate of drug-likeness (QED) is 0.379. The van der Waals surface area contributed by atoms with E-state index in [0.717, 1.165) is 32.9 Å². The van der Waals surface area contributed by atoms with Gasteiger partial charge in [-0.2, -0.15) is 0 Å². The summed E-state index contributed by atoms with van der Waals surface area (Å²) in [5, 5.41) is 2.62. The largest absolute Gasteiger partial charge is 0.461 e. The zero-order chi connectivity index (χ0) is 29.1. The minimum absolute atomic E-state index is 0.0904. The molecule has 0 radical (unpaired) electrons. The van der Waals surface area contributed by atoms with Gasteiger partial charge in [0.2, 0.25) is 0 Å². The second-order valence-corrected chi connectivity index (χ2v) is 10.4. The maximum atomic E-state index is 14.7. The van der Waals surface area contributed by atoms with E-state index in [4.69, 9.17) is 14.2 Å². The molecular formula is C30H32FN3O7. The third-order valence-electron chi connectivity index (χ3n) is 7.80. The van der Waals surface area contributed by atoms with Gasteiger partial charge < -0.3 is 19.5 Å². The Kier molecular flexibility index (Phi) is 8.34. The average molecular weight is 566 g/mol. The van der Waals surface area contributed by atoms with E-state index in [1.165, 1.54) is 6.20 Å². The van der Waals surface area contributed by atoms with Crippen molar-refractivity contribution in [3.05, 3.63) is 92.8 Å². The Morgan fingerprint density at radius 1 is 1.05 bits per heavy atom. The number of aromatic amines is 1. The number of alkyl halides is 1. The van der Waals surface area contributed by atoms with Gasteiger partial charge in [0.15, 0.2) is 0 Å². The molecule has 11 heteroatoms. The lowest BCUT2D eigenvalue weighted by atomic mass is 9.98. The second kappa shape index (κ2) is 12.1. The number of carbonyl (C=O) groups excluding carboxylic acids is 2. The number of carbonyl (C=O) groups is 2. The Labute approximate surface area is 235 Å². The van der Waals surface area contributed by atoms with Crippen LogP contribution in [0.1, 0.15) is 50.0 Å². The molecule has 2 aromatic carbocycles. The van der Waals surface area contributed by atoms with Crippen molar-refractivity contribution >= 4 is 12.1 Å². The van der Waals surface area contributed by atoms with Gasteiger partial charge in [0, 0.05) is 24.6 Å². The molecule has 41 heavy (non-hydrogen) atoms. The highest BCUT2D eigenvalue weighted by molar-refractivity contribution is 5.82. The second-order valence-electron chi connectivity index (χ2n) is 10.4. The number of nitrogens with zero attached hydrogens (tertiary/aromatic N) is 1. The number of alkyl carbamates (subject to hydrolysis) is 1. The number of hydrogen-bond donors (Lipinski definition) is 2. The van der Waals surface area contributed by atoms with E-state index >= 15 is 0 Å². The molecule has 10 nitrogen and oxygen atoms in total. The molecule has 5 atom stereocenters. The Morgan fingerprint density at radius 3 is 2.34 bits per heavy atom. The van der Waals surface area contributed by atoms with Gasteiger partial charge in [0.1, 0.15) is 37.8 Å². The molecule has 1 aliphatic heterocycles. The number of amides is 1. The predicted molar refractivity (Wildman–Crippen MR) is 147 cm³/mol.